The SMILES string of the molecule is CC(C)(C)OC(=O)c1ccc(Oc2cnc3[nH]ccc3c2)cc1Oc1cnc2[nH]ccc2c1. The standard InChI is InChI=1S/C25H22N4O4/c1-25(2,3)33-24(30)20-5-4-17(31-18-10-15-6-8-26-22(15)28-13-18)12-21(20)32-19-11-16-7-9-27-23(16)29-14-19/h4-14H,1-3H3,(H,26,28)(H,27,29). The molecule has 0 saturated carbocycles. The van der Waals surface area contributed by atoms with E-state index in [4.69, 9.17) is 14.2 Å². The molecule has 0 aliphatic rings. The third-order valence-corrected chi connectivity index (χ3v) is 4.79. The van der Waals surface area contributed by atoms with Gasteiger partial charge in [-0.2, -0.15) is 0 Å². The Morgan fingerprint density at radius 2 is 1.39 bits per heavy atom. The molecule has 1 aromatic carbocycles. The van der Waals surface area contributed by atoms with E-state index in [0.717, 1.165) is 22.1 Å². The Morgan fingerprint density at radius 3 is 2.00 bits per heavy atom. The second kappa shape index (κ2) is 7.98. The van der Waals surface area contributed by atoms with Gasteiger partial charge in [0.05, 0.1) is 12.4 Å². The number of hydrogen-bond donors (Lipinski definition) is 2. The molecule has 0 aliphatic heterocycles. The molecule has 0 spiro atoms. The summed E-state index contributed by atoms with van der Waals surface area (Å²) in [5.41, 5.74) is 1.16. The quantitative estimate of drug-likeness (QED) is 0.325. The van der Waals surface area contributed by atoms with E-state index in [-0.39, 0.29) is 5.56 Å². The Kier molecular flexibility index (Phi) is 4.97. The maximum absolute atomic E-state index is 12.9. The van der Waals surface area contributed by atoms with Gasteiger partial charge < -0.3 is 24.2 Å². The molecule has 0 unspecified atom stereocenters. The zero-order valence-corrected chi connectivity index (χ0v) is 18.4. The predicted octanol–water partition coefficient (Wildman–Crippen LogP) is 5.98. The Hall–Kier alpha value is -4.33. The highest BCUT2D eigenvalue weighted by atomic mass is 16.6. The Balaban J connectivity index is 1.49. The van der Waals surface area contributed by atoms with Gasteiger partial charge in [-0.15, -0.1) is 0 Å². The number of pyridine rings is 2. The van der Waals surface area contributed by atoms with E-state index in [1.807, 2.05) is 51.2 Å². The molecule has 0 amide bonds. The number of ether oxygens (including phenoxy) is 3. The van der Waals surface area contributed by atoms with Crippen LogP contribution in [0, 0.1) is 0 Å². The molecule has 0 saturated heterocycles. The number of rotatable bonds is 5. The van der Waals surface area contributed by atoms with Crippen LogP contribution < -0.4 is 9.47 Å². The fraction of sp³-hybridized carbons (Fsp3) is 0.160. The summed E-state index contributed by atoms with van der Waals surface area (Å²) in [6, 6.07) is 12.5. The fourth-order valence-electron chi connectivity index (χ4n) is 3.37. The Labute approximate surface area is 189 Å². The molecule has 5 rings (SSSR count). The average Bonchev–Trinajstić information content (AvgIpc) is 3.41. The minimum atomic E-state index is -0.646. The number of nitrogens with zero attached hydrogens (tertiary/aromatic N) is 2. The van der Waals surface area contributed by atoms with Crippen LogP contribution in [0.25, 0.3) is 22.1 Å². The molecule has 0 aliphatic carbocycles. The number of H-pyrrole nitrogens is 2. The average molecular weight is 442 g/mol. The van der Waals surface area contributed by atoms with Crippen molar-refractivity contribution in [1.82, 2.24) is 19.9 Å². The van der Waals surface area contributed by atoms with Crippen molar-refractivity contribution in [1.29, 1.82) is 0 Å². The van der Waals surface area contributed by atoms with Crippen LogP contribution in [0.15, 0.2) is 67.3 Å². The van der Waals surface area contributed by atoms with Crippen LogP contribution in [0.3, 0.4) is 0 Å². The number of hydrogen-bond acceptors (Lipinski definition) is 6. The second-order valence-electron chi connectivity index (χ2n) is 8.54. The van der Waals surface area contributed by atoms with Crippen LogP contribution in [0.1, 0.15) is 31.1 Å². The number of aromatic nitrogens is 4. The summed E-state index contributed by atoms with van der Waals surface area (Å²) in [7, 11) is 0. The number of benzene rings is 1. The second-order valence-corrected chi connectivity index (χ2v) is 8.54. The monoisotopic (exact) mass is 442 g/mol. The molecular weight excluding hydrogens is 420 g/mol. The molecule has 2 N–H and O–H groups in total. The molecule has 4 aromatic heterocycles. The van der Waals surface area contributed by atoms with Gasteiger partial charge >= 0.3 is 5.97 Å². The summed E-state index contributed by atoms with van der Waals surface area (Å²) in [6.45, 7) is 5.45. The highest BCUT2D eigenvalue weighted by Crippen LogP contribution is 2.34. The lowest BCUT2D eigenvalue weighted by molar-refractivity contribution is 0.00672. The number of carbonyl (C=O) groups excluding carboxylic acids is 1. The summed E-state index contributed by atoms with van der Waals surface area (Å²) >= 11 is 0. The first-order valence-corrected chi connectivity index (χ1v) is 10.4. The van der Waals surface area contributed by atoms with Gasteiger partial charge in [0, 0.05) is 29.2 Å². The van der Waals surface area contributed by atoms with Gasteiger partial charge in [-0.3, -0.25) is 0 Å². The van der Waals surface area contributed by atoms with Crippen molar-refractivity contribution < 1.29 is 19.0 Å². The Morgan fingerprint density at radius 1 is 0.788 bits per heavy atom. The number of nitrogens with one attached hydrogen (secondary N) is 2. The van der Waals surface area contributed by atoms with E-state index >= 15 is 0 Å². The van der Waals surface area contributed by atoms with E-state index in [2.05, 4.69) is 19.9 Å². The lowest BCUT2D eigenvalue weighted by atomic mass is 10.1. The molecule has 4 heterocycles. The molecule has 0 bridgehead atoms. The smallest absolute Gasteiger partial charge is 0.342 e. The van der Waals surface area contributed by atoms with Gasteiger partial charge in [0.15, 0.2) is 0 Å². The zero-order chi connectivity index (χ0) is 23.0. The molecule has 33 heavy (non-hydrogen) atoms. The van der Waals surface area contributed by atoms with E-state index in [0.29, 0.717) is 23.0 Å². The van der Waals surface area contributed by atoms with Gasteiger partial charge in [0.2, 0.25) is 0 Å². The minimum absolute atomic E-state index is 0.283. The minimum Gasteiger partial charge on any atom is -0.456 e. The highest BCUT2D eigenvalue weighted by molar-refractivity contribution is 5.93. The third-order valence-electron chi connectivity index (χ3n) is 4.79. The number of aromatic amines is 2. The number of esters is 1. The first kappa shape index (κ1) is 20.6. The van der Waals surface area contributed by atoms with Crippen molar-refractivity contribution in [2.75, 3.05) is 0 Å². The third kappa shape index (κ3) is 4.50. The lowest BCUT2D eigenvalue weighted by Crippen LogP contribution is -2.24. The normalized spacial score (nSPS) is 11.6. The number of fused-ring (bicyclic) bond motifs is 2. The molecule has 166 valence electrons. The van der Waals surface area contributed by atoms with Gasteiger partial charge in [0.25, 0.3) is 0 Å². The molecule has 8 heteroatoms. The summed E-state index contributed by atoms with van der Waals surface area (Å²) in [6.07, 6.45) is 6.84. The first-order valence-electron chi connectivity index (χ1n) is 10.4. The van der Waals surface area contributed by atoms with E-state index < -0.39 is 11.6 Å². The molecule has 0 fully saturated rings. The van der Waals surface area contributed by atoms with Crippen LogP contribution in [0.5, 0.6) is 23.0 Å². The predicted molar refractivity (Wildman–Crippen MR) is 124 cm³/mol. The van der Waals surface area contributed by atoms with Gasteiger partial charge in [0.1, 0.15) is 45.5 Å². The van der Waals surface area contributed by atoms with Gasteiger partial charge in [-0.05, 0) is 57.2 Å². The largest absolute Gasteiger partial charge is 0.456 e. The summed E-state index contributed by atoms with van der Waals surface area (Å²) < 4.78 is 17.6. The van der Waals surface area contributed by atoms with Crippen molar-refractivity contribution in [3.63, 3.8) is 0 Å². The maximum atomic E-state index is 12.9. The lowest BCUT2D eigenvalue weighted by Gasteiger charge is -2.21. The van der Waals surface area contributed by atoms with Crippen molar-refractivity contribution in [2.24, 2.45) is 0 Å². The van der Waals surface area contributed by atoms with E-state index in [9.17, 15) is 4.79 Å². The first-order chi connectivity index (χ1) is 15.8. The molecule has 5 aromatic rings. The van der Waals surface area contributed by atoms with Crippen LogP contribution in [-0.2, 0) is 4.74 Å². The maximum Gasteiger partial charge on any atom is 0.342 e. The topological polar surface area (TPSA) is 102 Å². The van der Waals surface area contributed by atoms with E-state index in [1.165, 1.54) is 0 Å². The van der Waals surface area contributed by atoms with Crippen molar-refractivity contribution in [2.45, 2.75) is 26.4 Å². The Bertz CT molecular complexity index is 1460. The fourth-order valence-corrected chi connectivity index (χ4v) is 3.37. The van der Waals surface area contributed by atoms with Gasteiger partial charge in [-0.1, -0.05) is 0 Å². The highest BCUT2D eigenvalue weighted by Gasteiger charge is 2.22. The van der Waals surface area contributed by atoms with Crippen molar-refractivity contribution >= 4 is 28.0 Å². The van der Waals surface area contributed by atoms with Crippen molar-refractivity contribution in [3.8, 4) is 23.0 Å². The zero-order valence-electron chi connectivity index (χ0n) is 18.4. The van der Waals surface area contributed by atoms with Gasteiger partial charge in [-0.25, -0.2) is 14.8 Å². The molecular formula is C25H22N4O4. The van der Waals surface area contributed by atoms with Crippen molar-refractivity contribution in [3.05, 3.63) is 72.8 Å². The molecule has 8 nitrogen and oxygen atoms in total. The van der Waals surface area contributed by atoms with Crippen LogP contribution >= 0.6 is 0 Å². The molecule has 0 atom stereocenters. The van der Waals surface area contributed by atoms with Crippen LogP contribution in [-0.4, -0.2) is 31.5 Å². The van der Waals surface area contributed by atoms with E-state index in [1.54, 1.807) is 36.8 Å². The van der Waals surface area contributed by atoms with Crippen LogP contribution in [0.4, 0.5) is 0 Å². The summed E-state index contributed by atoms with van der Waals surface area (Å²) in [5, 5.41) is 1.82. The van der Waals surface area contributed by atoms with Crippen LogP contribution in [0.2, 0.25) is 0 Å². The summed E-state index contributed by atoms with van der Waals surface area (Å²) in [4.78, 5) is 27.6. The number of carbonyl (C=O) groups is 1. The molecule has 0 radical (unpaired) electrons. The summed E-state index contributed by atoms with van der Waals surface area (Å²) in [5.74, 6) is 1.35.